The third kappa shape index (κ3) is 4.19. The lowest BCUT2D eigenvalue weighted by molar-refractivity contribution is 0.308. The molecule has 2 aliphatic rings. The summed E-state index contributed by atoms with van der Waals surface area (Å²) in [6.45, 7) is 4.24. The summed E-state index contributed by atoms with van der Waals surface area (Å²) in [5, 5.41) is 0. The van der Waals surface area contributed by atoms with Crippen LogP contribution in [0.1, 0.15) is 24.1 Å². The van der Waals surface area contributed by atoms with Gasteiger partial charge >= 0.3 is 0 Å². The smallest absolute Gasteiger partial charge is 0.208 e. The number of nitrogens with one attached hydrogen (secondary N) is 1. The Morgan fingerprint density at radius 2 is 2.17 bits per heavy atom. The van der Waals surface area contributed by atoms with Crippen LogP contribution in [-0.2, 0) is 23.0 Å². The molecule has 0 bridgehead atoms. The van der Waals surface area contributed by atoms with Gasteiger partial charge in [0.2, 0.25) is 10.0 Å². The van der Waals surface area contributed by atoms with Gasteiger partial charge in [-0.05, 0) is 25.8 Å². The van der Waals surface area contributed by atoms with E-state index in [0.29, 0.717) is 12.5 Å². The fourth-order valence-corrected chi connectivity index (χ4v) is 3.97. The van der Waals surface area contributed by atoms with Gasteiger partial charge in [-0.1, -0.05) is 0 Å². The van der Waals surface area contributed by atoms with E-state index in [1.165, 1.54) is 11.8 Å². The third-order valence-corrected chi connectivity index (χ3v) is 5.31. The first-order valence-electron chi connectivity index (χ1n) is 8.13. The van der Waals surface area contributed by atoms with Crippen molar-refractivity contribution in [3.05, 3.63) is 17.6 Å². The second-order valence-corrected chi connectivity index (χ2v) is 8.52. The molecule has 1 unspecified atom stereocenters. The number of hydrogen-bond donors (Lipinski definition) is 1. The Hall–Kier alpha value is -1.25. The lowest BCUT2D eigenvalue weighted by Gasteiger charge is -2.36. The fourth-order valence-electron chi connectivity index (χ4n) is 3.43. The largest absolute Gasteiger partial charge is 0.356 e. The van der Waals surface area contributed by atoms with Crippen molar-refractivity contribution < 1.29 is 8.42 Å². The van der Waals surface area contributed by atoms with Crippen LogP contribution in [0, 0.1) is 5.92 Å². The van der Waals surface area contributed by atoms with Gasteiger partial charge in [-0.3, -0.25) is 0 Å². The van der Waals surface area contributed by atoms with Crippen molar-refractivity contribution in [1.29, 1.82) is 0 Å². The molecular weight excluding hydrogens is 314 g/mol. The molecule has 1 atom stereocenters. The summed E-state index contributed by atoms with van der Waals surface area (Å²) >= 11 is 0. The number of hydrogen-bond acceptors (Lipinski definition) is 6. The first kappa shape index (κ1) is 16.6. The Balaban J connectivity index is 1.74. The van der Waals surface area contributed by atoms with Gasteiger partial charge in [0.1, 0.15) is 12.1 Å². The molecule has 0 spiro atoms. The summed E-state index contributed by atoms with van der Waals surface area (Å²) < 4.78 is 25.2. The van der Waals surface area contributed by atoms with Crippen LogP contribution in [0.15, 0.2) is 6.33 Å². The predicted molar refractivity (Wildman–Crippen MR) is 89.9 cm³/mol. The molecule has 0 radical (unpaired) electrons. The van der Waals surface area contributed by atoms with Gasteiger partial charge in [-0.15, -0.1) is 0 Å². The summed E-state index contributed by atoms with van der Waals surface area (Å²) in [7, 11) is -1.01. The highest BCUT2D eigenvalue weighted by molar-refractivity contribution is 7.88. The molecule has 23 heavy (non-hydrogen) atoms. The van der Waals surface area contributed by atoms with Crippen LogP contribution in [0.4, 0.5) is 5.82 Å². The summed E-state index contributed by atoms with van der Waals surface area (Å²) in [6.07, 6.45) is 5.95. The maximum Gasteiger partial charge on any atom is 0.208 e. The molecule has 8 heteroatoms. The molecule has 3 rings (SSSR count). The van der Waals surface area contributed by atoms with Crippen molar-refractivity contribution in [2.24, 2.45) is 5.92 Å². The molecule has 0 saturated carbocycles. The second kappa shape index (κ2) is 6.70. The molecule has 0 amide bonds. The minimum absolute atomic E-state index is 0.324. The molecule has 1 saturated heterocycles. The van der Waals surface area contributed by atoms with Gasteiger partial charge in [0.15, 0.2) is 0 Å². The molecule has 2 aliphatic heterocycles. The molecule has 1 fully saturated rings. The number of rotatable bonds is 4. The van der Waals surface area contributed by atoms with Crippen LogP contribution in [0.5, 0.6) is 0 Å². The summed E-state index contributed by atoms with van der Waals surface area (Å²) in [5.74, 6) is 1.36. The van der Waals surface area contributed by atoms with Gasteiger partial charge in [-0.25, -0.2) is 23.1 Å². The summed E-state index contributed by atoms with van der Waals surface area (Å²) in [4.78, 5) is 13.6. The number of likely N-dealkylation sites (N-methyl/N-ethyl adjacent to an activating group) is 1. The fraction of sp³-hybridized carbons (Fsp3) is 0.733. The Morgan fingerprint density at radius 1 is 1.35 bits per heavy atom. The van der Waals surface area contributed by atoms with Gasteiger partial charge in [-0.2, -0.15) is 0 Å². The lowest BCUT2D eigenvalue weighted by atomic mass is 9.97. The highest BCUT2D eigenvalue weighted by Gasteiger charge is 2.26. The monoisotopic (exact) mass is 339 g/mol. The van der Waals surface area contributed by atoms with Gasteiger partial charge < -0.3 is 9.80 Å². The first-order chi connectivity index (χ1) is 10.9. The van der Waals surface area contributed by atoms with E-state index in [1.807, 2.05) is 0 Å². The Labute approximate surface area is 138 Å². The maximum atomic E-state index is 11.3. The van der Waals surface area contributed by atoms with Crippen molar-refractivity contribution in [3.8, 4) is 0 Å². The normalized spacial score (nSPS) is 22.9. The van der Waals surface area contributed by atoms with E-state index < -0.39 is 10.0 Å². The number of nitrogens with zero attached hydrogens (tertiary/aromatic N) is 4. The van der Waals surface area contributed by atoms with E-state index in [9.17, 15) is 8.42 Å². The molecule has 7 nitrogen and oxygen atoms in total. The van der Waals surface area contributed by atoms with Crippen LogP contribution >= 0.6 is 0 Å². The lowest BCUT2D eigenvalue weighted by Crippen LogP contribution is -2.42. The van der Waals surface area contributed by atoms with E-state index in [1.54, 1.807) is 6.33 Å². The molecular formula is C15H25N5O2S. The average Bonchev–Trinajstić information content (AvgIpc) is 2.52. The number of aromatic nitrogens is 2. The molecule has 128 valence electrons. The number of anilines is 1. The predicted octanol–water partition coefficient (Wildman–Crippen LogP) is 0.230. The molecule has 3 heterocycles. The van der Waals surface area contributed by atoms with Crippen LogP contribution in [0.2, 0.25) is 0 Å². The molecule has 0 aliphatic carbocycles. The Kier molecular flexibility index (Phi) is 4.84. The zero-order valence-corrected chi connectivity index (χ0v) is 14.6. The SMILES string of the molecule is CN1CCc2ncnc(N3CCCC(CNS(C)(=O)=O)C3)c2C1. The van der Waals surface area contributed by atoms with Gasteiger partial charge in [0.05, 0.1) is 11.9 Å². The number of piperidine rings is 1. The number of sulfonamides is 1. The van der Waals surface area contributed by atoms with Gasteiger partial charge in [0, 0.05) is 44.7 Å². The molecule has 1 N–H and O–H groups in total. The molecule has 1 aromatic heterocycles. The quantitative estimate of drug-likeness (QED) is 0.846. The zero-order valence-electron chi connectivity index (χ0n) is 13.8. The second-order valence-electron chi connectivity index (χ2n) is 6.69. The third-order valence-electron chi connectivity index (χ3n) is 4.62. The van der Waals surface area contributed by atoms with Crippen LogP contribution in [-0.4, -0.2) is 62.8 Å². The van der Waals surface area contributed by atoms with E-state index in [4.69, 9.17) is 0 Å². The Morgan fingerprint density at radius 3 is 2.96 bits per heavy atom. The van der Waals surface area contributed by atoms with E-state index in [-0.39, 0.29) is 0 Å². The molecule has 0 aromatic carbocycles. The minimum Gasteiger partial charge on any atom is -0.356 e. The Bertz CT molecular complexity index is 664. The van der Waals surface area contributed by atoms with Crippen LogP contribution < -0.4 is 9.62 Å². The van der Waals surface area contributed by atoms with E-state index in [2.05, 4.69) is 31.5 Å². The van der Waals surface area contributed by atoms with Crippen molar-refractivity contribution >= 4 is 15.8 Å². The van der Waals surface area contributed by atoms with Crippen LogP contribution in [0.25, 0.3) is 0 Å². The standard InChI is InChI=1S/C15H25N5O2S/c1-19-7-5-14-13(10-19)15(17-11-16-14)20-6-3-4-12(9-20)8-18-23(2,21)22/h11-12,18H,3-10H2,1-2H3. The summed E-state index contributed by atoms with van der Waals surface area (Å²) in [6, 6.07) is 0. The highest BCUT2D eigenvalue weighted by Crippen LogP contribution is 2.28. The van der Waals surface area contributed by atoms with E-state index >= 15 is 0 Å². The zero-order chi connectivity index (χ0) is 16.4. The topological polar surface area (TPSA) is 78.4 Å². The number of fused-ring (bicyclic) bond motifs is 1. The van der Waals surface area contributed by atoms with Crippen molar-refractivity contribution in [2.45, 2.75) is 25.8 Å². The minimum atomic E-state index is -3.13. The molecule has 1 aromatic rings. The van der Waals surface area contributed by atoms with Crippen LogP contribution in [0.3, 0.4) is 0 Å². The first-order valence-corrected chi connectivity index (χ1v) is 10.0. The van der Waals surface area contributed by atoms with Crippen molar-refractivity contribution in [3.63, 3.8) is 0 Å². The van der Waals surface area contributed by atoms with E-state index in [0.717, 1.165) is 57.0 Å². The van der Waals surface area contributed by atoms with Crippen molar-refractivity contribution in [1.82, 2.24) is 19.6 Å². The average molecular weight is 339 g/mol. The summed E-state index contributed by atoms with van der Waals surface area (Å²) in [5.41, 5.74) is 2.39. The van der Waals surface area contributed by atoms with Gasteiger partial charge in [0.25, 0.3) is 0 Å². The highest BCUT2D eigenvalue weighted by atomic mass is 32.2. The van der Waals surface area contributed by atoms with Crippen molar-refractivity contribution in [2.75, 3.05) is 44.4 Å². The maximum absolute atomic E-state index is 11.3.